The van der Waals surface area contributed by atoms with Gasteiger partial charge >= 0.3 is 0 Å². The zero-order valence-corrected chi connectivity index (χ0v) is 20.2. The highest BCUT2D eigenvalue weighted by Crippen LogP contribution is 2.38. The number of carbonyl (C=O) groups is 3. The number of rotatable bonds is 4. The molecule has 0 saturated carbocycles. The summed E-state index contributed by atoms with van der Waals surface area (Å²) in [5.41, 5.74) is 0.206. The summed E-state index contributed by atoms with van der Waals surface area (Å²) in [6.07, 6.45) is 4.88. The molecule has 0 radical (unpaired) electrons. The minimum Gasteiger partial charge on any atom is -0.307 e. The van der Waals surface area contributed by atoms with E-state index in [0.717, 1.165) is 9.58 Å². The number of allylic oxidation sites excluding steroid dienone is 2. The third-order valence-corrected chi connectivity index (χ3v) is 6.84. The van der Waals surface area contributed by atoms with Gasteiger partial charge in [0.05, 0.1) is 27.6 Å². The van der Waals surface area contributed by atoms with E-state index < -0.39 is 11.5 Å². The number of aromatic nitrogens is 2. The Labute approximate surface area is 214 Å². The Morgan fingerprint density at radius 1 is 0.914 bits per heavy atom. The second kappa shape index (κ2) is 9.03. The Balaban J connectivity index is 1.39. The van der Waals surface area contributed by atoms with Gasteiger partial charge in [0.1, 0.15) is 11.5 Å². The number of anilines is 2. The summed E-state index contributed by atoms with van der Waals surface area (Å²) < 4.78 is 1.09. The van der Waals surface area contributed by atoms with E-state index in [1.165, 1.54) is 24.3 Å². The van der Waals surface area contributed by atoms with Crippen molar-refractivity contribution in [3.8, 4) is 5.69 Å². The number of nitrogens with zero attached hydrogens (tertiary/aromatic N) is 2. The minimum atomic E-state index is -0.549. The fourth-order valence-electron chi connectivity index (χ4n) is 4.41. The van der Waals surface area contributed by atoms with Crippen molar-refractivity contribution in [1.29, 1.82) is 0 Å². The number of aromatic amines is 1. The molecule has 11 heteroatoms. The van der Waals surface area contributed by atoms with Gasteiger partial charge in [-0.15, -0.1) is 0 Å². The van der Waals surface area contributed by atoms with Crippen LogP contribution in [0.4, 0.5) is 11.5 Å². The second-order valence-electron chi connectivity index (χ2n) is 8.23. The Morgan fingerprint density at radius 2 is 1.54 bits per heavy atom. The smallest absolute Gasteiger partial charge is 0.273 e. The standard InChI is InChI=1S/C24H17Cl3N4O4/c25-13-9-17(26)21(18(27)10-13)31-20(32)11-19(29-31)28-22(33)12-4-3-5-14(8-12)30-23(34)15-6-1-2-7-16(15)24(30)35/h1-5,8-11,15-16,29H,6-7H2,(H,28,33). The van der Waals surface area contributed by atoms with Gasteiger partial charge in [-0.05, 0) is 43.2 Å². The lowest BCUT2D eigenvalue weighted by atomic mass is 9.85. The predicted octanol–water partition coefficient (Wildman–Crippen LogP) is 4.83. The quantitative estimate of drug-likeness (QED) is 0.371. The van der Waals surface area contributed by atoms with Crippen molar-refractivity contribution in [3.63, 3.8) is 0 Å². The van der Waals surface area contributed by atoms with Gasteiger partial charge in [0.2, 0.25) is 11.8 Å². The lowest BCUT2D eigenvalue weighted by Gasteiger charge is -2.15. The maximum atomic E-state index is 12.9. The molecular formula is C24H17Cl3N4O4. The molecule has 1 saturated heterocycles. The first-order valence-electron chi connectivity index (χ1n) is 10.7. The number of amides is 3. The monoisotopic (exact) mass is 530 g/mol. The van der Waals surface area contributed by atoms with E-state index in [-0.39, 0.29) is 50.8 Å². The maximum absolute atomic E-state index is 12.9. The number of hydrogen-bond donors (Lipinski definition) is 2. The first-order valence-corrected chi connectivity index (χ1v) is 11.8. The molecule has 35 heavy (non-hydrogen) atoms. The number of fused-ring (bicyclic) bond motifs is 1. The van der Waals surface area contributed by atoms with Gasteiger partial charge in [0.25, 0.3) is 11.5 Å². The summed E-state index contributed by atoms with van der Waals surface area (Å²) in [5.74, 6) is -1.73. The first-order chi connectivity index (χ1) is 16.7. The fraction of sp³-hybridized carbons (Fsp3) is 0.167. The summed E-state index contributed by atoms with van der Waals surface area (Å²) >= 11 is 18.3. The summed E-state index contributed by atoms with van der Waals surface area (Å²) in [6, 6.07) is 10.3. The number of hydrogen-bond acceptors (Lipinski definition) is 4. The Bertz CT molecular complexity index is 1430. The van der Waals surface area contributed by atoms with Gasteiger partial charge in [-0.1, -0.05) is 53.0 Å². The number of benzene rings is 2. The van der Waals surface area contributed by atoms with Gasteiger partial charge in [-0.2, -0.15) is 0 Å². The van der Waals surface area contributed by atoms with Gasteiger partial charge in [0, 0.05) is 16.7 Å². The molecule has 3 aromatic rings. The van der Waals surface area contributed by atoms with E-state index in [1.807, 2.05) is 12.2 Å². The predicted molar refractivity (Wildman–Crippen MR) is 134 cm³/mol. The van der Waals surface area contributed by atoms with Crippen LogP contribution in [0.2, 0.25) is 15.1 Å². The van der Waals surface area contributed by atoms with E-state index in [9.17, 15) is 19.2 Å². The van der Waals surface area contributed by atoms with Crippen LogP contribution in [0.1, 0.15) is 23.2 Å². The molecule has 1 aliphatic carbocycles. The molecule has 1 aromatic heterocycles. The van der Waals surface area contributed by atoms with Crippen LogP contribution in [-0.4, -0.2) is 27.5 Å². The molecule has 2 unspecified atom stereocenters. The van der Waals surface area contributed by atoms with E-state index in [2.05, 4.69) is 10.4 Å². The Kier molecular flexibility index (Phi) is 6.04. The highest BCUT2D eigenvalue weighted by molar-refractivity contribution is 6.40. The Hall–Kier alpha value is -3.33. The van der Waals surface area contributed by atoms with E-state index in [1.54, 1.807) is 18.2 Å². The molecule has 2 aromatic carbocycles. The third kappa shape index (κ3) is 4.18. The average Bonchev–Trinajstić information content (AvgIpc) is 3.29. The van der Waals surface area contributed by atoms with Crippen LogP contribution in [0.15, 0.2) is 59.4 Å². The van der Waals surface area contributed by atoms with E-state index in [0.29, 0.717) is 23.6 Å². The lowest BCUT2D eigenvalue weighted by molar-refractivity contribution is -0.122. The minimum absolute atomic E-state index is 0.0953. The average molecular weight is 532 g/mol. The van der Waals surface area contributed by atoms with Crippen LogP contribution in [0, 0.1) is 11.8 Å². The Morgan fingerprint density at radius 3 is 2.17 bits per heavy atom. The molecule has 3 amide bonds. The number of imide groups is 1. The van der Waals surface area contributed by atoms with E-state index >= 15 is 0 Å². The number of H-pyrrole nitrogens is 1. The van der Waals surface area contributed by atoms with Crippen LogP contribution >= 0.6 is 34.8 Å². The molecule has 1 aliphatic heterocycles. The summed E-state index contributed by atoms with van der Waals surface area (Å²) in [5, 5.41) is 5.96. The fourth-order valence-corrected chi connectivity index (χ4v) is 5.40. The lowest BCUT2D eigenvalue weighted by Crippen LogP contribution is -2.31. The molecular weight excluding hydrogens is 515 g/mol. The third-order valence-electron chi connectivity index (χ3n) is 6.05. The number of nitrogens with one attached hydrogen (secondary N) is 2. The van der Waals surface area contributed by atoms with Crippen LogP contribution in [0.3, 0.4) is 0 Å². The molecule has 0 spiro atoms. The van der Waals surface area contributed by atoms with E-state index in [4.69, 9.17) is 34.8 Å². The van der Waals surface area contributed by atoms with Crippen molar-refractivity contribution >= 4 is 64.0 Å². The van der Waals surface area contributed by atoms with Crippen molar-refractivity contribution in [2.24, 2.45) is 11.8 Å². The van der Waals surface area contributed by atoms with Crippen LogP contribution in [0.5, 0.6) is 0 Å². The van der Waals surface area contributed by atoms with Crippen LogP contribution in [0.25, 0.3) is 5.69 Å². The molecule has 2 aliphatic rings. The van der Waals surface area contributed by atoms with Gasteiger partial charge in [0.15, 0.2) is 0 Å². The molecule has 8 nitrogen and oxygen atoms in total. The normalized spacial score (nSPS) is 19.2. The molecule has 2 atom stereocenters. The zero-order chi connectivity index (χ0) is 24.9. The molecule has 0 bridgehead atoms. The molecule has 2 heterocycles. The number of carbonyl (C=O) groups excluding carboxylic acids is 3. The van der Waals surface area contributed by atoms with Crippen molar-refractivity contribution < 1.29 is 14.4 Å². The van der Waals surface area contributed by atoms with Crippen molar-refractivity contribution in [2.75, 3.05) is 10.2 Å². The SMILES string of the molecule is O=C(Nc1cc(=O)n(-c2c(Cl)cc(Cl)cc2Cl)[nH]1)c1cccc(N2C(=O)C3CC=CCC3C2=O)c1. The van der Waals surface area contributed by atoms with Gasteiger partial charge in [-0.25, -0.2) is 4.68 Å². The largest absolute Gasteiger partial charge is 0.307 e. The second-order valence-corrected chi connectivity index (χ2v) is 9.48. The van der Waals surface area contributed by atoms with Crippen molar-refractivity contribution in [1.82, 2.24) is 9.78 Å². The van der Waals surface area contributed by atoms with Crippen LogP contribution in [-0.2, 0) is 9.59 Å². The van der Waals surface area contributed by atoms with Gasteiger partial charge in [-0.3, -0.25) is 29.2 Å². The zero-order valence-electron chi connectivity index (χ0n) is 17.9. The maximum Gasteiger partial charge on any atom is 0.273 e. The highest BCUT2D eigenvalue weighted by atomic mass is 35.5. The van der Waals surface area contributed by atoms with Crippen molar-refractivity contribution in [3.05, 3.63) is 85.6 Å². The molecule has 5 rings (SSSR count). The first kappa shape index (κ1) is 23.4. The molecule has 2 N–H and O–H groups in total. The summed E-state index contributed by atoms with van der Waals surface area (Å²) in [7, 11) is 0. The van der Waals surface area contributed by atoms with Gasteiger partial charge < -0.3 is 5.32 Å². The van der Waals surface area contributed by atoms with Crippen LogP contribution < -0.4 is 15.8 Å². The topological polar surface area (TPSA) is 104 Å². The highest BCUT2D eigenvalue weighted by Gasteiger charge is 2.47. The van der Waals surface area contributed by atoms with Crippen molar-refractivity contribution in [2.45, 2.75) is 12.8 Å². The summed E-state index contributed by atoms with van der Waals surface area (Å²) in [4.78, 5) is 52.3. The molecule has 1 fully saturated rings. The number of halogens is 3. The summed E-state index contributed by atoms with van der Waals surface area (Å²) in [6.45, 7) is 0. The molecule has 178 valence electrons.